The van der Waals surface area contributed by atoms with E-state index in [0.29, 0.717) is 5.92 Å². The van der Waals surface area contributed by atoms with Crippen LogP contribution >= 0.6 is 0 Å². The zero-order chi connectivity index (χ0) is 12.5. The number of hydrogen-bond acceptors (Lipinski definition) is 2. The smallest absolute Gasteiger partial charge is 0.0966 e. The molecule has 90 valence electrons. The molecular formula is C14H23NO. The number of rotatable bonds is 3. The first-order valence-corrected chi connectivity index (χ1v) is 5.81. The minimum absolute atomic E-state index is 0.465. The van der Waals surface area contributed by atoms with Gasteiger partial charge in [0.1, 0.15) is 0 Å². The number of benzene rings is 1. The van der Waals surface area contributed by atoms with E-state index in [2.05, 4.69) is 32.0 Å². The van der Waals surface area contributed by atoms with Crippen LogP contribution in [-0.2, 0) is 0 Å². The molecule has 1 atom stereocenters. The van der Waals surface area contributed by atoms with Gasteiger partial charge in [0.2, 0.25) is 0 Å². The van der Waals surface area contributed by atoms with Crippen molar-refractivity contribution < 1.29 is 5.11 Å². The van der Waals surface area contributed by atoms with Gasteiger partial charge in [-0.25, -0.2) is 0 Å². The van der Waals surface area contributed by atoms with Crippen molar-refractivity contribution in [2.75, 3.05) is 0 Å². The van der Waals surface area contributed by atoms with Gasteiger partial charge in [-0.2, -0.15) is 0 Å². The average Bonchev–Trinajstić information content (AvgIpc) is 2.15. The van der Waals surface area contributed by atoms with E-state index in [1.54, 1.807) is 0 Å². The Kier molecular flexibility index (Phi) is 3.76. The number of hydrogen-bond donors (Lipinski definition) is 2. The maximum absolute atomic E-state index is 10.2. The zero-order valence-electron chi connectivity index (χ0n) is 10.9. The summed E-state index contributed by atoms with van der Waals surface area (Å²) in [5.74, 6) is 0.465. The standard InChI is InChI=1S/C14H23NO/c1-9(2)11-7-6-10(3)12(8-11)13(16)14(4,5)15/h6-9,13,16H,15H2,1-5H3. The quantitative estimate of drug-likeness (QED) is 0.824. The highest BCUT2D eigenvalue weighted by Gasteiger charge is 2.25. The summed E-state index contributed by atoms with van der Waals surface area (Å²) in [6, 6.07) is 6.23. The molecule has 0 aliphatic rings. The third kappa shape index (κ3) is 2.83. The summed E-state index contributed by atoms with van der Waals surface area (Å²) in [5, 5.41) is 10.2. The molecule has 1 unspecified atom stereocenters. The fourth-order valence-corrected chi connectivity index (χ4v) is 1.71. The Bertz CT molecular complexity index is 363. The number of aliphatic hydroxyl groups excluding tert-OH is 1. The predicted molar refractivity (Wildman–Crippen MR) is 68.5 cm³/mol. The highest BCUT2D eigenvalue weighted by atomic mass is 16.3. The van der Waals surface area contributed by atoms with Crippen LogP contribution in [0.2, 0.25) is 0 Å². The summed E-state index contributed by atoms with van der Waals surface area (Å²) in [6.45, 7) is 10.00. The third-order valence-corrected chi connectivity index (χ3v) is 2.97. The first-order valence-electron chi connectivity index (χ1n) is 5.81. The molecule has 1 aromatic carbocycles. The van der Waals surface area contributed by atoms with Gasteiger partial charge in [0.05, 0.1) is 6.10 Å². The first kappa shape index (κ1) is 13.2. The largest absolute Gasteiger partial charge is 0.386 e. The third-order valence-electron chi connectivity index (χ3n) is 2.97. The van der Waals surface area contributed by atoms with E-state index in [0.717, 1.165) is 11.1 Å². The topological polar surface area (TPSA) is 46.2 Å². The minimum atomic E-state index is -0.619. The Morgan fingerprint density at radius 1 is 1.25 bits per heavy atom. The molecule has 16 heavy (non-hydrogen) atoms. The van der Waals surface area contributed by atoms with Crippen molar-refractivity contribution in [3.63, 3.8) is 0 Å². The van der Waals surface area contributed by atoms with Gasteiger partial charge in [0.25, 0.3) is 0 Å². The minimum Gasteiger partial charge on any atom is -0.386 e. The number of aryl methyl sites for hydroxylation is 1. The van der Waals surface area contributed by atoms with Crippen LogP contribution in [0.25, 0.3) is 0 Å². The van der Waals surface area contributed by atoms with Crippen molar-refractivity contribution in [1.29, 1.82) is 0 Å². The molecule has 0 aromatic heterocycles. The monoisotopic (exact) mass is 221 g/mol. The molecule has 0 saturated carbocycles. The molecule has 0 aliphatic carbocycles. The zero-order valence-corrected chi connectivity index (χ0v) is 10.9. The van der Waals surface area contributed by atoms with E-state index in [4.69, 9.17) is 5.73 Å². The lowest BCUT2D eigenvalue weighted by Gasteiger charge is -2.28. The van der Waals surface area contributed by atoms with Gasteiger partial charge in [-0.05, 0) is 43.4 Å². The molecule has 2 heteroatoms. The molecule has 0 fully saturated rings. The Balaban J connectivity index is 3.17. The van der Waals surface area contributed by atoms with Crippen LogP contribution in [0.15, 0.2) is 18.2 Å². The highest BCUT2D eigenvalue weighted by molar-refractivity contribution is 5.35. The number of nitrogens with two attached hydrogens (primary N) is 1. The van der Waals surface area contributed by atoms with E-state index in [-0.39, 0.29) is 0 Å². The van der Waals surface area contributed by atoms with Crippen LogP contribution < -0.4 is 5.73 Å². The fourth-order valence-electron chi connectivity index (χ4n) is 1.71. The van der Waals surface area contributed by atoms with Gasteiger partial charge in [-0.1, -0.05) is 32.0 Å². The summed E-state index contributed by atoms with van der Waals surface area (Å²) >= 11 is 0. The number of aliphatic hydroxyl groups is 1. The van der Waals surface area contributed by atoms with E-state index < -0.39 is 11.6 Å². The lowest BCUT2D eigenvalue weighted by atomic mass is 9.87. The van der Waals surface area contributed by atoms with Gasteiger partial charge >= 0.3 is 0 Å². The predicted octanol–water partition coefficient (Wildman–Crippen LogP) is 2.89. The molecule has 1 rings (SSSR count). The van der Waals surface area contributed by atoms with Crippen LogP contribution in [-0.4, -0.2) is 10.6 Å². The Hall–Kier alpha value is -0.860. The molecule has 0 aliphatic heterocycles. The lowest BCUT2D eigenvalue weighted by Crippen LogP contribution is -2.39. The maximum Gasteiger partial charge on any atom is 0.0966 e. The molecule has 0 amide bonds. The van der Waals surface area contributed by atoms with Crippen molar-refractivity contribution in [2.24, 2.45) is 5.73 Å². The summed E-state index contributed by atoms with van der Waals surface area (Å²) < 4.78 is 0. The van der Waals surface area contributed by atoms with Crippen molar-refractivity contribution in [2.45, 2.75) is 52.2 Å². The van der Waals surface area contributed by atoms with Crippen molar-refractivity contribution in [3.05, 3.63) is 34.9 Å². The maximum atomic E-state index is 10.2. The second-order valence-electron chi connectivity index (χ2n) is 5.49. The molecule has 0 radical (unpaired) electrons. The van der Waals surface area contributed by atoms with Gasteiger partial charge in [-0.15, -0.1) is 0 Å². The van der Waals surface area contributed by atoms with Crippen molar-refractivity contribution in [1.82, 2.24) is 0 Å². The van der Waals surface area contributed by atoms with Crippen LogP contribution in [0.1, 0.15) is 56.4 Å². The molecule has 3 N–H and O–H groups in total. The van der Waals surface area contributed by atoms with Gasteiger partial charge in [-0.3, -0.25) is 0 Å². The van der Waals surface area contributed by atoms with Crippen LogP contribution in [0, 0.1) is 6.92 Å². The lowest BCUT2D eigenvalue weighted by molar-refractivity contribution is 0.104. The molecule has 2 nitrogen and oxygen atoms in total. The van der Waals surface area contributed by atoms with E-state index in [1.807, 2.05) is 20.8 Å². The first-order chi connectivity index (χ1) is 7.23. The van der Waals surface area contributed by atoms with Gasteiger partial charge in [0, 0.05) is 5.54 Å². The average molecular weight is 221 g/mol. The van der Waals surface area contributed by atoms with E-state index in [1.165, 1.54) is 5.56 Å². The molecule has 0 heterocycles. The summed E-state index contributed by atoms with van der Waals surface area (Å²) in [6.07, 6.45) is -0.619. The molecule has 1 aromatic rings. The van der Waals surface area contributed by atoms with Crippen LogP contribution in [0.5, 0.6) is 0 Å². The van der Waals surface area contributed by atoms with E-state index in [9.17, 15) is 5.11 Å². The van der Waals surface area contributed by atoms with Crippen molar-refractivity contribution >= 4 is 0 Å². The fraction of sp³-hybridized carbons (Fsp3) is 0.571. The van der Waals surface area contributed by atoms with Crippen LogP contribution in [0.3, 0.4) is 0 Å². The summed E-state index contributed by atoms with van der Waals surface area (Å²) in [4.78, 5) is 0. The normalized spacial score (nSPS) is 14.2. The summed E-state index contributed by atoms with van der Waals surface area (Å²) in [7, 11) is 0. The second kappa shape index (κ2) is 4.56. The van der Waals surface area contributed by atoms with E-state index >= 15 is 0 Å². The highest BCUT2D eigenvalue weighted by Crippen LogP contribution is 2.28. The van der Waals surface area contributed by atoms with Crippen LogP contribution in [0.4, 0.5) is 0 Å². The Labute approximate surface area is 98.5 Å². The SMILES string of the molecule is Cc1ccc(C(C)C)cc1C(O)C(C)(C)N. The van der Waals surface area contributed by atoms with Gasteiger partial charge in [0.15, 0.2) is 0 Å². The summed E-state index contributed by atoms with van der Waals surface area (Å²) in [5.41, 5.74) is 8.62. The van der Waals surface area contributed by atoms with Gasteiger partial charge < -0.3 is 10.8 Å². The molecule has 0 bridgehead atoms. The molecular weight excluding hydrogens is 198 g/mol. The molecule has 0 spiro atoms. The van der Waals surface area contributed by atoms with Crippen molar-refractivity contribution in [3.8, 4) is 0 Å². The Morgan fingerprint density at radius 3 is 2.25 bits per heavy atom. The Morgan fingerprint density at radius 2 is 1.81 bits per heavy atom. The second-order valence-corrected chi connectivity index (χ2v) is 5.49. The molecule has 0 saturated heterocycles.